The molecule has 8 heteroatoms. The second-order valence-corrected chi connectivity index (χ2v) is 7.56. The highest BCUT2D eigenvalue weighted by molar-refractivity contribution is 7.92. The molecule has 0 saturated heterocycles. The zero-order valence-electron chi connectivity index (χ0n) is 15.4. The molecule has 1 amide bonds. The highest BCUT2D eigenvalue weighted by Gasteiger charge is 2.16. The second-order valence-electron chi connectivity index (χ2n) is 5.65. The molecule has 144 valence electrons. The summed E-state index contributed by atoms with van der Waals surface area (Å²) >= 11 is 0. The van der Waals surface area contributed by atoms with Gasteiger partial charge in [0.15, 0.2) is 11.5 Å². The summed E-state index contributed by atoms with van der Waals surface area (Å²) in [5.74, 6) is 0.727. The number of methoxy groups -OCH3 is 2. The van der Waals surface area contributed by atoms with E-state index in [2.05, 4.69) is 11.9 Å². The van der Waals surface area contributed by atoms with Crippen molar-refractivity contribution in [2.45, 2.75) is 0 Å². The molecule has 0 saturated carbocycles. The summed E-state index contributed by atoms with van der Waals surface area (Å²) in [5, 5.41) is 2.77. The van der Waals surface area contributed by atoms with Gasteiger partial charge in [-0.2, -0.15) is 0 Å². The Morgan fingerprint density at radius 2 is 1.74 bits per heavy atom. The van der Waals surface area contributed by atoms with Gasteiger partial charge in [-0.05, 0) is 36.4 Å². The molecule has 0 aliphatic rings. The zero-order valence-corrected chi connectivity index (χ0v) is 16.2. The van der Waals surface area contributed by atoms with E-state index in [4.69, 9.17) is 9.47 Å². The molecule has 0 radical (unpaired) electrons. The highest BCUT2D eigenvalue weighted by atomic mass is 32.2. The summed E-state index contributed by atoms with van der Waals surface area (Å²) in [6.07, 6.45) is 2.62. The first-order valence-corrected chi connectivity index (χ1v) is 9.87. The Hall–Kier alpha value is -3.00. The molecule has 2 aromatic rings. The molecule has 1 N–H and O–H groups in total. The highest BCUT2D eigenvalue weighted by Crippen LogP contribution is 2.30. The molecular formula is C19H22N2O5S. The molecule has 0 fully saturated rings. The van der Waals surface area contributed by atoms with Crippen molar-refractivity contribution in [1.82, 2.24) is 0 Å². The van der Waals surface area contributed by atoms with Gasteiger partial charge in [-0.3, -0.25) is 9.10 Å². The first-order chi connectivity index (χ1) is 12.8. The molecule has 2 aromatic carbocycles. The Bertz CT molecular complexity index is 924. The van der Waals surface area contributed by atoms with Crippen molar-refractivity contribution in [3.8, 4) is 11.5 Å². The Kier molecular flexibility index (Phi) is 6.46. The minimum Gasteiger partial charge on any atom is -0.493 e. The van der Waals surface area contributed by atoms with Crippen molar-refractivity contribution in [2.75, 3.05) is 36.6 Å². The van der Waals surface area contributed by atoms with Crippen LogP contribution in [0.4, 0.5) is 11.4 Å². The molecule has 0 aromatic heterocycles. The minimum atomic E-state index is -3.44. The fourth-order valence-corrected chi connectivity index (χ4v) is 3.33. The normalized spacial score (nSPS) is 10.8. The van der Waals surface area contributed by atoms with Gasteiger partial charge in [0.25, 0.3) is 5.91 Å². The molecule has 0 aliphatic heterocycles. The van der Waals surface area contributed by atoms with Crippen LogP contribution < -0.4 is 19.1 Å². The van der Waals surface area contributed by atoms with Crippen LogP contribution >= 0.6 is 0 Å². The Labute approximate surface area is 159 Å². The van der Waals surface area contributed by atoms with Crippen LogP contribution in [-0.4, -0.2) is 41.3 Å². The minimum absolute atomic E-state index is 0.149. The zero-order chi connectivity index (χ0) is 20.0. The SMILES string of the molecule is C=CCN(c1ccc(C(=O)Nc2ccc(OC)c(OC)c2)cc1)S(C)(=O)=O. The van der Waals surface area contributed by atoms with E-state index in [9.17, 15) is 13.2 Å². The molecule has 0 spiro atoms. The monoisotopic (exact) mass is 390 g/mol. The van der Waals surface area contributed by atoms with E-state index in [0.717, 1.165) is 6.26 Å². The van der Waals surface area contributed by atoms with E-state index in [1.54, 1.807) is 42.5 Å². The van der Waals surface area contributed by atoms with Crippen LogP contribution in [-0.2, 0) is 10.0 Å². The number of benzene rings is 2. The lowest BCUT2D eigenvalue weighted by Gasteiger charge is -2.20. The maximum absolute atomic E-state index is 12.4. The molecule has 7 nitrogen and oxygen atoms in total. The standard InChI is InChI=1S/C19H22N2O5S/c1-5-12-21(27(4,23)24)16-9-6-14(7-10-16)19(22)20-15-8-11-17(25-2)18(13-15)26-3/h5-11,13H,1,12H2,2-4H3,(H,20,22). The summed E-state index contributed by atoms with van der Waals surface area (Å²) in [5.41, 5.74) is 1.40. The number of carbonyl (C=O) groups is 1. The summed E-state index contributed by atoms with van der Waals surface area (Å²) in [7, 11) is -0.396. The Morgan fingerprint density at radius 3 is 2.26 bits per heavy atom. The van der Waals surface area contributed by atoms with E-state index in [0.29, 0.717) is 28.4 Å². The number of anilines is 2. The topological polar surface area (TPSA) is 84.9 Å². The number of ether oxygens (including phenoxy) is 2. The molecule has 0 heterocycles. The van der Waals surface area contributed by atoms with E-state index < -0.39 is 10.0 Å². The van der Waals surface area contributed by atoms with E-state index in [-0.39, 0.29) is 12.5 Å². The van der Waals surface area contributed by atoms with Crippen molar-refractivity contribution in [3.05, 3.63) is 60.7 Å². The summed E-state index contributed by atoms with van der Waals surface area (Å²) in [4.78, 5) is 12.4. The van der Waals surface area contributed by atoms with Gasteiger partial charge in [0.05, 0.1) is 32.7 Å². The fourth-order valence-electron chi connectivity index (χ4n) is 2.45. The second kappa shape index (κ2) is 8.59. The first kappa shape index (κ1) is 20.3. The van der Waals surface area contributed by atoms with Gasteiger partial charge in [0, 0.05) is 17.3 Å². The van der Waals surface area contributed by atoms with Crippen LogP contribution in [0.2, 0.25) is 0 Å². The third-order valence-corrected chi connectivity index (χ3v) is 4.91. The largest absolute Gasteiger partial charge is 0.493 e. The third kappa shape index (κ3) is 5.01. The number of hydrogen-bond acceptors (Lipinski definition) is 5. The van der Waals surface area contributed by atoms with Gasteiger partial charge in [-0.1, -0.05) is 6.08 Å². The summed E-state index contributed by atoms with van der Waals surface area (Å²) < 4.78 is 35.3. The van der Waals surface area contributed by atoms with Crippen LogP contribution in [0.1, 0.15) is 10.4 Å². The van der Waals surface area contributed by atoms with Crippen LogP contribution in [0.15, 0.2) is 55.1 Å². The van der Waals surface area contributed by atoms with E-state index >= 15 is 0 Å². The van der Waals surface area contributed by atoms with Crippen molar-refractivity contribution in [3.63, 3.8) is 0 Å². The number of hydrogen-bond donors (Lipinski definition) is 1. The average molecular weight is 390 g/mol. The van der Waals surface area contributed by atoms with Gasteiger partial charge in [0.2, 0.25) is 10.0 Å². The molecule has 2 rings (SSSR count). The average Bonchev–Trinajstić information content (AvgIpc) is 2.65. The van der Waals surface area contributed by atoms with Gasteiger partial charge in [-0.25, -0.2) is 8.42 Å². The van der Waals surface area contributed by atoms with Crippen LogP contribution in [0.25, 0.3) is 0 Å². The van der Waals surface area contributed by atoms with Gasteiger partial charge >= 0.3 is 0 Å². The number of rotatable bonds is 8. The fraction of sp³-hybridized carbons (Fsp3) is 0.211. The molecule has 27 heavy (non-hydrogen) atoms. The maximum atomic E-state index is 12.4. The van der Waals surface area contributed by atoms with Crippen LogP contribution in [0, 0.1) is 0 Å². The van der Waals surface area contributed by atoms with Crippen LogP contribution in [0.5, 0.6) is 11.5 Å². The van der Waals surface area contributed by atoms with Crippen LogP contribution in [0.3, 0.4) is 0 Å². The lowest BCUT2D eigenvalue weighted by molar-refractivity contribution is 0.102. The molecule has 0 aliphatic carbocycles. The van der Waals surface area contributed by atoms with E-state index in [1.165, 1.54) is 24.6 Å². The molecular weight excluding hydrogens is 368 g/mol. The Morgan fingerprint density at radius 1 is 1.11 bits per heavy atom. The predicted octanol–water partition coefficient (Wildman–Crippen LogP) is 2.91. The number of carbonyl (C=O) groups excluding carboxylic acids is 1. The number of nitrogens with one attached hydrogen (secondary N) is 1. The first-order valence-electron chi connectivity index (χ1n) is 8.02. The lowest BCUT2D eigenvalue weighted by Crippen LogP contribution is -2.29. The predicted molar refractivity (Wildman–Crippen MR) is 106 cm³/mol. The summed E-state index contributed by atoms with van der Waals surface area (Å²) in [6.45, 7) is 3.72. The maximum Gasteiger partial charge on any atom is 0.255 e. The number of amides is 1. The lowest BCUT2D eigenvalue weighted by atomic mass is 10.2. The third-order valence-electron chi connectivity index (χ3n) is 3.75. The summed E-state index contributed by atoms with van der Waals surface area (Å²) in [6, 6.07) is 11.3. The van der Waals surface area contributed by atoms with Crippen molar-refractivity contribution >= 4 is 27.3 Å². The quantitative estimate of drug-likeness (QED) is 0.701. The van der Waals surface area contributed by atoms with Gasteiger partial charge < -0.3 is 14.8 Å². The van der Waals surface area contributed by atoms with Crippen molar-refractivity contribution in [1.29, 1.82) is 0 Å². The molecule has 0 unspecified atom stereocenters. The Balaban J connectivity index is 2.19. The smallest absolute Gasteiger partial charge is 0.255 e. The van der Waals surface area contributed by atoms with Gasteiger partial charge in [0.1, 0.15) is 0 Å². The van der Waals surface area contributed by atoms with Crippen molar-refractivity contribution in [2.24, 2.45) is 0 Å². The number of nitrogens with zero attached hydrogens (tertiary/aromatic N) is 1. The van der Waals surface area contributed by atoms with E-state index in [1.807, 2.05) is 0 Å². The van der Waals surface area contributed by atoms with Crippen molar-refractivity contribution < 1.29 is 22.7 Å². The van der Waals surface area contributed by atoms with Gasteiger partial charge in [-0.15, -0.1) is 6.58 Å². The molecule has 0 bridgehead atoms. The number of sulfonamides is 1. The molecule has 0 atom stereocenters.